The second-order valence-electron chi connectivity index (χ2n) is 6.66. The lowest BCUT2D eigenvalue weighted by molar-refractivity contribution is -0.135. The molecule has 0 unspecified atom stereocenters. The van der Waals surface area contributed by atoms with Gasteiger partial charge >= 0.3 is 0 Å². The Kier molecular flexibility index (Phi) is 4.47. The van der Waals surface area contributed by atoms with Crippen LogP contribution in [0.5, 0.6) is 0 Å². The normalized spacial score (nSPS) is 20.0. The molecule has 1 aliphatic heterocycles. The van der Waals surface area contributed by atoms with Gasteiger partial charge < -0.3 is 4.90 Å². The van der Waals surface area contributed by atoms with Gasteiger partial charge in [-0.2, -0.15) is 4.31 Å². The number of sulfonamides is 1. The van der Waals surface area contributed by atoms with Gasteiger partial charge in [-0.25, -0.2) is 8.42 Å². The molecule has 1 aromatic rings. The Morgan fingerprint density at radius 3 is 2.39 bits per heavy atom. The summed E-state index contributed by atoms with van der Waals surface area (Å²) in [5.41, 5.74) is 2.40. The van der Waals surface area contributed by atoms with Gasteiger partial charge in [0, 0.05) is 19.1 Å². The molecule has 3 rings (SSSR count). The quantitative estimate of drug-likeness (QED) is 0.846. The third kappa shape index (κ3) is 3.15. The monoisotopic (exact) mass is 336 g/mol. The van der Waals surface area contributed by atoms with Crippen molar-refractivity contribution in [1.29, 1.82) is 0 Å². The molecule has 0 N–H and O–H groups in total. The van der Waals surface area contributed by atoms with Gasteiger partial charge in [-0.3, -0.25) is 4.79 Å². The number of aryl methyl sites for hydroxylation is 2. The van der Waals surface area contributed by atoms with Crippen LogP contribution in [0.15, 0.2) is 23.1 Å². The van der Waals surface area contributed by atoms with Crippen LogP contribution >= 0.6 is 0 Å². The molecule has 1 aromatic carbocycles. The van der Waals surface area contributed by atoms with E-state index in [-0.39, 0.29) is 18.5 Å². The summed E-state index contributed by atoms with van der Waals surface area (Å²) < 4.78 is 27.0. The van der Waals surface area contributed by atoms with E-state index >= 15 is 0 Å². The van der Waals surface area contributed by atoms with Crippen LogP contribution in [0, 0.1) is 0 Å². The summed E-state index contributed by atoms with van der Waals surface area (Å²) in [6.45, 7) is 4.67. The summed E-state index contributed by atoms with van der Waals surface area (Å²) >= 11 is 0. The number of benzene rings is 1. The Hall–Kier alpha value is -1.40. The van der Waals surface area contributed by atoms with Crippen LogP contribution in [-0.4, -0.2) is 49.2 Å². The highest BCUT2D eigenvalue weighted by Crippen LogP contribution is 2.26. The van der Waals surface area contributed by atoms with Crippen LogP contribution < -0.4 is 0 Å². The van der Waals surface area contributed by atoms with Crippen molar-refractivity contribution in [3.05, 3.63) is 29.3 Å². The van der Waals surface area contributed by atoms with Crippen molar-refractivity contribution in [3.8, 4) is 0 Å². The van der Waals surface area contributed by atoms with Crippen LogP contribution in [0.2, 0.25) is 0 Å². The smallest absolute Gasteiger partial charge is 0.243 e. The number of hydrogen-bond donors (Lipinski definition) is 0. The minimum absolute atomic E-state index is 0.0579. The maximum atomic E-state index is 12.9. The molecule has 2 aliphatic rings. The van der Waals surface area contributed by atoms with E-state index in [2.05, 4.69) is 0 Å². The van der Waals surface area contributed by atoms with Gasteiger partial charge in [-0.05, 0) is 62.8 Å². The topological polar surface area (TPSA) is 57.7 Å². The predicted molar refractivity (Wildman–Crippen MR) is 88.7 cm³/mol. The Bertz CT molecular complexity index is 713. The lowest BCUT2D eigenvalue weighted by atomic mass is 9.92. The maximum absolute atomic E-state index is 12.9. The first-order chi connectivity index (χ1) is 10.9. The molecule has 0 spiro atoms. The van der Waals surface area contributed by atoms with E-state index in [0.29, 0.717) is 18.0 Å². The van der Waals surface area contributed by atoms with Gasteiger partial charge in [0.2, 0.25) is 15.9 Å². The highest BCUT2D eigenvalue weighted by Gasteiger charge is 2.33. The first-order valence-electron chi connectivity index (χ1n) is 8.31. The first kappa shape index (κ1) is 16.5. The Balaban J connectivity index is 1.83. The number of carbonyl (C=O) groups excluding carboxylic acids is 1. The van der Waals surface area contributed by atoms with Gasteiger partial charge in [0.1, 0.15) is 0 Å². The van der Waals surface area contributed by atoms with Gasteiger partial charge in [-0.1, -0.05) is 6.07 Å². The molecular weight excluding hydrogens is 312 g/mol. The molecule has 0 bridgehead atoms. The number of fused-ring (bicyclic) bond motifs is 1. The van der Waals surface area contributed by atoms with Crippen LogP contribution in [0.3, 0.4) is 0 Å². The second kappa shape index (κ2) is 6.24. The van der Waals surface area contributed by atoms with Crippen LogP contribution in [0.1, 0.15) is 37.8 Å². The Morgan fingerprint density at radius 1 is 1.04 bits per heavy atom. The molecular formula is C17H24N2O3S. The van der Waals surface area contributed by atoms with E-state index in [1.807, 2.05) is 26.0 Å². The third-order valence-electron chi connectivity index (χ3n) is 4.80. The number of nitrogens with zero attached hydrogens (tertiary/aromatic N) is 2. The van der Waals surface area contributed by atoms with E-state index in [9.17, 15) is 13.2 Å². The van der Waals surface area contributed by atoms with Crippen molar-refractivity contribution < 1.29 is 13.2 Å². The molecule has 0 radical (unpaired) electrons. The van der Waals surface area contributed by atoms with Gasteiger partial charge in [0.05, 0.1) is 11.4 Å². The Labute approximate surface area is 138 Å². The molecule has 0 aromatic heterocycles. The molecule has 6 heteroatoms. The summed E-state index contributed by atoms with van der Waals surface area (Å²) in [5.74, 6) is -0.118. The molecule has 0 saturated carbocycles. The van der Waals surface area contributed by atoms with Crippen molar-refractivity contribution in [2.24, 2.45) is 0 Å². The van der Waals surface area contributed by atoms with Crippen molar-refractivity contribution in [1.82, 2.24) is 9.21 Å². The van der Waals surface area contributed by atoms with Crippen LogP contribution in [-0.2, 0) is 27.7 Å². The lowest BCUT2D eigenvalue weighted by Gasteiger charge is -2.36. The highest BCUT2D eigenvalue weighted by molar-refractivity contribution is 7.89. The van der Waals surface area contributed by atoms with E-state index in [1.54, 1.807) is 11.0 Å². The first-order valence-corrected chi connectivity index (χ1v) is 9.75. The van der Waals surface area contributed by atoms with Gasteiger partial charge in [0.25, 0.3) is 0 Å². The Morgan fingerprint density at radius 2 is 1.74 bits per heavy atom. The number of piperazine rings is 1. The summed E-state index contributed by atoms with van der Waals surface area (Å²) in [6.07, 6.45) is 4.26. The van der Waals surface area contributed by atoms with E-state index in [4.69, 9.17) is 0 Å². The van der Waals surface area contributed by atoms with Gasteiger partial charge in [0.15, 0.2) is 0 Å². The summed E-state index contributed by atoms with van der Waals surface area (Å²) in [5, 5.41) is 0. The van der Waals surface area contributed by atoms with Gasteiger partial charge in [-0.15, -0.1) is 0 Å². The fourth-order valence-electron chi connectivity index (χ4n) is 3.44. The molecule has 0 atom stereocenters. The minimum Gasteiger partial charge on any atom is -0.338 e. The van der Waals surface area contributed by atoms with Crippen molar-refractivity contribution in [2.45, 2.75) is 50.5 Å². The van der Waals surface area contributed by atoms with Crippen LogP contribution in [0.4, 0.5) is 0 Å². The zero-order valence-electron chi connectivity index (χ0n) is 13.8. The molecule has 5 nitrogen and oxygen atoms in total. The molecule has 1 aliphatic carbocycles. The maximum Gasteiger partial charge on any atom is 0.243 e. The third-order valence-corrected chi connectivity index (χ3v) is 6.64. The van der Waals surface area contributed by atoms with Crippen molar-refractivity contribution in [2.75, 3.05) is 19.6 Å². The second-order valence-corrected chi connectivity index (χ2v) is 8.60. The molecule has 1 saturated heterocycles. The number of amides is 1. The average molecular weight is 336 g/mol. The number of rotatable bonds is 3. The van der Waals surface area contributed by atoms with Crippen molar-refractivity contribution >= 4 is 15.9 Å². The highest BCUT2D eigenvalue weighted by atomic mass is 32.2. The SMILES string of the molecule is CC(C)N1CCN(S(=O)(=O)c2ccc3c(c2)CCCC3)CC1=O. The zero-order chi connectivity index (χ0) is 16.6. The summed E-state index contributed by atoms with van der Waals surface area (Å²) in [6, 6.07) is 5.55. The van der Waals surface area contributed by atoms with E-state index < -0.39 is 10.0 Å². The fraction of sp³-hybridized carbons (Fsp3) is 0.588. The van der Waals surface area contributed by atoms with Crippen LogP contribution in [0.25, 0.3) is 0 Å². The molecule has 126 valence electrons. The zero-order valence-corrected chi connectivity index (χ0v) is 14.6. The minimum atomic E-state index is -3.59. The van der Waals surface area contributed by atoms with E-state index in [0.717, 1.165) is 24.8 Å². The van der Waals surface area contributed by atoms with E-state index in [1.165, 1.54) is 16.3 Å². The van der Waals surface area contributed by atoms with Crippen molar-refractivity contribution in [3.63, 3.8) is 0 Å². The molecule has 1 fully saturated rings. The lowest BCUT2D eigenvalue weighted by Crippen LogP contribution is -2.54. The standard InChI is InChI=1S/C17H24N2O3S/c1-13(2)19-10-9-18(12-17(19)20)23(21,22)16-8-7-14-5-3-4-6-15(14)11-16/h7-8,11,13H,3-6,9-10,12H2,1-2H3. The largest absolute Gasteiger partial charge is 0.338 e. The molecule has 1 amide bonds. The summed E-state index contributed by atoms with van der Waals surface area (Å²) in [4.78, 5) is 14.2. The average Bonchev–Trinajstić information content (AvgIpc) is 2.53. The number of hydrogen-bond acceptors (Lipinski definition) is 3. The fourth-order valence-corrected chi connectivity index (χ4v) is 4.87. The number of carbonyl (C=O) groups is 1. The molecule has 23 heavy (non-hydrogen) atoms. The predicted octanol–water partition coefficient (Wildman–Crippen LogP) is 1.81. The molecule has 1 heterocycles. The summed E-state index contributed by atoms with van der Waals surface area (Å²) in [7, 11) is -3.59.